The average molecular weight is 328 g/mol. The summed E-state index contributed by atoms with van der Waals surface area (Å²) in [4.78, 5) is 14.4. The van der Waals surface area contributed by atoms with Crippen molar-refractivity contribution in [3.63, 3.8) is 0 Å². The number of aromatic nitrogens is 1. The highest BCUT2D eigenvalue weighted by Crippen LogP contribution is 2.31. The van der Waals surface area contributed by atoms with E-state index in [4.69, 9.17) is 4.52 Å². The molecule has 0 radical (unpaired) electrons. The molecule has 0 spiro atoms. The minimum Gasteiger partial charge on any atom is -0.361 e. The Kier molecular flexibility index (Phi) is 4.86. The smallest absolute Gasteiger partial charge is 0.227 e. The molecule has 1 amide bonds. The maximum absolute atomic E-state index is 12.6. The van der Waals surface area contributed by atoms with Crippen LogP contribution in [0.5, 0.6) is 0 Å². The van der Waals surface area contributed by atoms with Crippen LogP contribution in [0.15, 0.2) is 39.9 Å². The summed E-state index contributed by atoms with van der Waals surface area (Å²) in [7, 11) is 0. The van der Waals surface area contributed by atoms with E-state index in [0.29, 0.717) is 6.42 Å². The Morgan fingerprint density at radius 3 is 2.83 bits per heavy atom. The van der Waals surface area contributed by atoms with Gasteiger partial charge >= 0.3 is 0 Å². The van der Waals surface area contributed by atoms with Crippen molar-refractivity contribution in [3.8, 4) is 0 Å². The molecule has 2 aromatic rings. The van der Waals surface area contributed by atoms with Crippen LogP contribution in [0.4, 0.5) is 0 Å². The van der Waals surface area contributed by atoms with Crippen LogP contribution in [0.1, 0.15) is 29.0 Å². The molecule has 1 aromatic heterocycles. The Bertz CT molecular complexity index is 702. The van der Waals surface area contributed by atoms with Crippen LogP contribution in [0.25, 0.3) is 6.08 Å². The summed E-state index contributed by atoms with van der Waals surface area (Å²) in [6.45, 7) is 4.59. The number of amides is 1. The fourth-order valence-electron chi connectivity index (χ4n) is 2.65. The summed E-state index contributed by atoms with van der Waals surface area (Å²) < 4.78 is 5.20. The van der Waals surface area contributed by atoms with E-state index >= 15 is 0 Å². The molecule has 0 unspecified atom stereocenters. The summed E-state index contributed by atoms with van der Waals surface area (Å²) in [6.07, 6.45) is 3.34. The molecule has 120 valence electrons. The van der Waals surface area contributed by atoms with Crippen molar-refractivity contribution in [1.82, 2.24) is 10.1 Å². The van der Waals surface area contributed by atoms with Gasteiger partial charge in [0.15, 0.2) is 0 Å². The molecule has 1 aliphatic heterocycles. The van der Waals surface area contributed by atoms with Gasteiger partial charge in [0.25, 0.3) is 0 Å². The molecule has 0 aliphatic carbocycles. The van der Waals surface area contributed by atoms with Crippen LogP contribution >= 0.6 is 11.8 Å². The Morgan fingerprint density at radius 1 is 1.35 bits per heavy atom. The van der Waals surface area contributed by atoms with E-state index in [1.165, 1.54) is 5.56 Å². The zero-order valence-electron chi connectivity index (χ0n) is 13.4. The van der Waals surface area contributed by atoms with Crippen molar-refractivity contribution in [1.29, 1.82) is 0 Å². The summed E-state index contributed by atoms with van der Waals surface area (Å²) in [5.74, 6) is 1.91. The Balaban J connectivity index is 1.70. The first kappa shape index (κ1) is 15.9. The highest BCUT2D eigenvalue weighted by molar-refractivity contribution is 8.03. The lowest BCUT2D eigenvalue weighted by Crippen LogP contribution is -2.26. The van der Waals surface area contributed by atoms with Gasteiger partial charge in [0.1, 0.15) is 5.76 Å². The standard InChI is InChI=1S/C18H20N2O2S/c1-13-16(14(2)22-19-13)12-18-20(10-11-23-18)17(21)9-8-15-6-4-3-5-7-15/h3-7,12H,8-11H2,1-2H3/b18-12+. The largest absolute Gasteiger partial charge is 0.361 e. The lowest BCUT2D eigenvalue weighted by Gasteiger charge is -2.17. The molecule has 1 saturated heterocycles. The van der Waals surface area contributed by atoms with Crippen molar-refractivity contribution in [3.05, 3.63) is 57.9 Å². The van der Waals surface area contributed by atoms with Gasteiger partial charge in [-0.15, -0.1) is 11.8 Å². The molecule has 1 fully saturated rings. The monoisotopic (exact) mass is 328 g/mol. The third-order valence-electron chi connectivity index (χ3n) is 3.96. The summed E-state index contributed by atoms with van der Waals surface area (Å²) in [5.41, 5.74) is 3.04. The van der Waals surface area contributed by atoms with Crippen LogP contribution in [0.2, 0.25) is 0 Å². The molecule has 1 aliphatic rings. The number of carbonyl (C=O) groups is 1. The highest BCUT2D eigenvalue weighted by atomic mass is 32.2. The summed E-state index contributed by atoms with van der Waals surface area (Å²) in [6, 6.07) is 10.1. The van der Waals surface area contributed by atoms with Crippen LogP contribution in [0, 0.1) is 13.8 Å². The van der Waals surface area contributed by atoms with E-state index in [-0.39, 0.29) is 5.91 Å². The Morgan fingerprint density at radius 2 is 2.13 bits per heavy atom. The van der Waals surface area contributed by atoms with Gasteiger partial charge in [-0.1, -0.05) is 35.5 Å². The second-order valence-corrected chi connectivity index (χ2v) is 6.72. The SMILES string of the molecule is Cc1noc(C)c1/C=C1/SCCN1C(=O)CCc1ccccc1. The fraction of sp³-hybridized carbons (Fsp3) is 0.333. The molecule has 23 heavy (non-hydrogen) atoms. The van der Waals surface area contributed by atoms with Gasteiger partial charge in [0, 0.05) is 24.3 Å². The van der Waals surface area contributed by atoms with Crippen LogP contribution in [-0.2, 0) is 11.2 Å². The lowest BCUT2D eigenvalue weighted by atomic mass is 10.1. The number of carbonyl (C=O) groups excluding carboxylic acids is 1. The molecule has 0 saturated carbocycles. The van der Waals surface area contributed by atoms with Gasteiger partial charge < -0.3 is 9.42 Å². The molecule has 2 heterocycles. The maximum Gasteiger partial charge on any atom is 0.227 e. The van der Waals surface area contributed by atoms with E-state index in [2.05, 4.69) is 17.3 Å². The number of thioether (sulfide) groups is 1. The second kappa shape index (κ2) is 7.04. The van der Waals surface area contributed by atoms with E-state index < -0.39 is 0 Å². The quantitative estimate of drug-likeness (QED) is 0.856. The maximum atomic E-state index is 12.6. The highest BCUT2D eigenvalue weighted by Gasteiger charge is 2.24. The first-order valence-corrected chi connectivity index (χ1v) is 8.75. The van der Waals surface area contributed by atoms with Crippen molar-refractivity contribution < 1.29 is 9.32 Å². The second-order valence-electron chi connectivity index (χ2n) is 5.60. The molecule has 0 N–H and O–H groups in total. The predicted octanol–water partition coefficient (Wildman–Crippen LogP) is 3.80. The first-order valence-electron chi connectivity index (χ1n) is 7.77. The summed E-state index contributed by atoms with van der Waals surface area (Å²) in [5, 5.41) is 4.97. The normalized spacial score (nSPS) is 16.3. The zero-order valence-corrected chi connectivity index (χ0v) is 14.2. The molecular weight excluding hydrogens is 308 g/mol. The molecule has 3 rings (SSSR count). The Hall–Kier alpha value is -2.01. The molecule has 4 nitrogen and oxygen atoms in total. The van der Waals surface area contributed by atoms with E-state index in [9.17, 15) is 4.79 Å². The van der Waals surface area contributed by atoms with E-state index in [1.54, 1.807) is 11.8 Å². The van der Waals surface area contributed by atoms with E-state index in [1.807, 2.05) is 43.0 Å². The van der Waals surface area contributed by atoms with Crippen LogP contribution in [0.3, 0.4) is 0 Å². The number of benzene rings is 1. The zero-order chi connectivity index (χ0) is 16.2. The van der Waals surface area contributed by atoms with Crippen molar-refractivity contribution in [2.45, 2.75) is 26.7 Å². The number of aryl methyl sites for hydroxylation is 3. The predicted molar refractivity (Wildman–Crippen MR) is 92.9 cm³/mol. The third-order valence-corrected chi connectivity index (χ3v) is 4.98. The minimum absolute atomic E-state index is 0.178. The first-order chi connectivity index (χ1) is 11.1. The summed E-state index contributed by atoms with van der Waals surface area (Å²) >= 11 is 1.71. The van der Waals surface area contributed by atoms with Crippen LogP contribution < -0.4 is 0 Å². The molecule has 5 heteroatoms. The molecular formula is C18H20N2O2S. The van der Waals surface area contributed by atoms with Crippen molar-refractivity contribution in [2.24, 2.45) is 0 Å². The van der Waals surface area contributed by atoms with Gasteiger partial charge in [-0.3, -0.25) is 4.79 Å². The number of nitrogens with zero attached hydrogens (tertiary/aromatic N) is 2. The third kappa shape index (κ3) is 3.67. The van der Waals surface area contributed by atoms with Gasteiger partial charge in [0.05, 0.1) is 10.7 Å². The molecule has 1 aromatic carbocycles. The minimum atomic E-state index is 0.178. The Labute approximate surface area is 140 Å². The molecule has 0 atom stereocenters. The molecule has 0 bridgehead atoms. The van der Waals surface area contributed by atoms with Gasteiger partial charge in [0.2, 0.25) is 5.91 Å². The number of rotatable bonds is 4. The number of hydrogen-bond donors (Lipinski definition) is 0. The lowest BCUT2D eigenvalue weighted by molar-refractivity contribution is -0.128. The fourth-order valence-corrected chi connectivity index (χ4v) is 3.68. The van der Waals surface area contributed by atoms with Gasteiger partial charge in [-0.25, -0.2) is 0 Å². The number of hydrogen-bond acceptors (Lipinski definition) is 4. The topological polar surface area (TPSA) is 46.3 Å². The van der Waals surface area contributed by atoms with Gasteiger partial charge in [-0.2, -0.15) is 0 Å². The van der Waals surface area contributed by atoms with Gasteiger partial charge in [-0.05, 0) is 31.9 Å². The average Bonchev–Trinajstić information content (AvgIpc) is 3.16. The van der Waals surface area contributed by atoms with Crippen LogP contribution in [-0.4, -0.2) is 28.3 Å². The van der Waals surface area contributed by atoms with E-state index in [0.717, 1.165) is 40.8 Å². The van der Waals surface area contributed by atoms with Crippen molar-refractivity contribution in [2.75, 3.05) is 12.3 Å². The van der Waals surface area contributed by atoms with Crippen molar-refractivity contribution >= 4 is 23.7 Å².